The van der Waals surface area contributed by atoms with Crippen LogP contribution in [0.3, 0.4) is 0 Å². The maximum Gasteiger partial charge on any atom is -0.0307 e. The lowest BCUT2D eigenvalue weighted by molar-refractivity contribution is 1.09. The zero-order chi connectivity index (χ0) is 9.40. The second kappa shape index (κ2) is 9.31. The molecule has 13 heavy (non-hydrogen) atoms. The molecular weight excluding hydrogens is 156 g/mol. The predicted molar refractivity (Wildman–Crippen MR) is 63.3 cm³/mol. The maximum atomic E-state index is 2.18. The average Bonchev–Trinajstić information content (AvgIpc) is 2.07. The fourth-order valence-electron chi connectivity index (χ4n) is 0.824. The van der Waals surface area contributed by atoms with Crippen molar-refractivity contribution in [3.63, 3.8) is 0 Å². The van der Waals surface area contributed by atoms with Crippen molar-refractivity contribution in [3.05, 3.63) is 35.4 Å². The minimum Gasteiger partial charge on any atom is -0.0776 e. The van der Waals surface area contributed by atoms with Gasteiger partial charge in [0, 0.05) is 0 Å². The Balaban J connectivity index is 0. The molecule has 0 aromatic heterocycles. The van der Waals surface area contributed by atoms with Gasteiger partial charge in [0.15, 0.2) is 0 Å². The lowest BCUT2D eigenvalue weighted by atomic mass is 10.1. The first-order valence-electron chi connectivity index (χ1n) is 4.80. The van der Waals surface area contributed by atoms with E-state index >= 15 is 0 Å². The number of rotatable bonds is 1. The molecule has 0 nitrogen and oxygen atoms in total. The van der Waals surface area contributed by atoms with Crippen molar-refractivity contribution < 1.29 is 0 Å². The second-order valence-electron chi connectivity index (χ2n) is 3.05. The van der Waals surface area contributed by atoms with Gasteiger partial charge < -0.3 is 0 Å². The Hall–Kier alpha value is -0.780. The van der Waals surface area contributed by atoms with Crippen molar-refractivity contribution in [3.8, 4) is 0 Å². The van der Waals surface area contributed by atoms with Gasteiger partial charge in [-0.3, -0.25) is 0 Å². The van der Waals surface area contributed by atoms with Crippen LogP contribution < -0.4 is 0 Å². The number of hydrogen-bond acceptors (Lipinski definition) is 0. The zero-order valence-electron chi connectivity index (χ0n) is 8.72. The monoisotopic (exact) mass is 180 g/mol. The number of aryl methyl sites for hydroxylation is 2. The quantitative estimate of drug-likeness (QED) is 0.592. The predicted octanol–water partition coefficient (Wildman–Crippen LogP) is 4.61. The highest BCUT2D eigenvalue weighted by Gasteiger charge is 1.84. The molecule has 0 radical (unpaired) electrons. The third-order valence-corrected chi connectivity index (χ3v) is 1.53. The molecule has 0 bridgehead atoms. The molecule has 0 aliphatic heterocycles. The molecule has 0 N–H and O–H groups in total. The van der Waals surface area contributed by atoms with Crippen LogP contribution in [-0.4, -0.2) is 0 Å². The van der Waals surface area contributed by atoms with Gasteiger partial charge in [-0.2, -0.15) is 0 Å². The molecular formula is C13H24. The Bertz CT molecular complexity index is 184. The van der Waals surface area contributed by atoms with E-state index in [-0.39, 0.29) is 7.43 Å². The van der Waals surface area contributed by atoms with Gasteiger partial charge in [0.2, 0.25) is 0 Å². The molecule has 0 saturated heterocycles. The summed E-state index contributed by atoms with van der Waals surface area (Å²) in [6, 6.07) is 8.66. The fourth-order valence-corrected chi connectivity index (χ4v) is 0.824. The minimum atomic E-state index is 0. The molecule has 0 spiro atoms. The molecule has 1 rings (SSSR count). The highest BCUT2D eigenvalue weighted by atomic mass is 13.9. The summed E-state index contributed by atoms with van der Waals surface area (Å²) in [6.07, 6.45) is 2.39. The second-order valence-corrected chi connectivity index (χ2v) is 3.05. The van der Waals surface area contributed by atoms with Crippen LogP contribution in [0, 0.1) is 6.92 Å². The topological polar surface area (TPSA) is 0 Å². The van der Waals surface area contributed by atoms with E-state index in [2.05, 4.69) is 52.0 Å². The molecule has 0 aliphatic rings. The van der Waals surface area contributed by atoms with Gasteiger partial charge in [0.25, 0.3) is 0 Å². The first kappa shape index (κ1) is 14.7. The van der Waals surface area contributed by atoms with Crippen molar-refractivity contribution >= 4 is 0 Å². The molecule has 0 atom stereocenters. The van der Waals surface area contributed by atoms with Crippen molar-refractivity contribution in [1.29, 1.82) is 0 Å². The Morgan fingerprint density at radius 2 is 1.31 bits per heavy atom. The highest BCUT2D eigenvalue weighted by molar-refractivity contribution is 5.20. The van der Waals surface area contributed by atoms with Crippen LogP contribution in [0.4, 0.5) is 0 Å². The van der Waals surface area contributed by atoms with E-state index in [0.29, 0.717) is 0 Å². The summed E-state index contributed by atoms with van der Waals surface area (Å²) < 4.78 is 0. The van der Waals surface area contributed by atoms with Crippen LogP contribution in [0.15, 0.2) is 24.3 Å². The van der Waals surface area contributed by atoms with Crippen LogP contribution in [0.1, 0.15) is 45.7 Å². The summed E-state index contributed by atoms with van der Waals surface area (Å²) in [4.78, 5) is 0. The molecule has 0 heteroatoms. The van der Waals surface area contributed by atoms with Crippen molar-refractivity contribution in [2.45, 2.75) is 48.0 Å². The van der Waals surface area contributed by atoms with Gasteiger partial charge in [-0.25, -0.2) is 0 Å². The summed E-state index contributed by atoms with van der Waals surface area (Å²) in [6.45, 7) is 8.53. The van der Waals surface area contributed by atoms with Gasteiger partial charge in [-0.15, -0.1) is 0 Å². The van der Waals surface area contributed by atoms with Gasteiger partial charge in [0.05, 0.1) is 0 Å². The van der Waals surface area contributed by atoms with E-state index in [9.17, 15) is 0 Å². The number of benzene rings is 1. The molecule has 76 valence electrons. The van der Waals surface area contributed by atoms with E-state index in [1.807, 2.05) is 0 Å². The Morgan fingerprint density at radius 3 is 1.62 bits per heavy atom. The smallest absolute Gasteiger partial charge is 0.0307 e. The lowest BCUT2D eigenvalue weighted by Gasteiger charge is -1.94. The first-order valence-corrected chi connectivity index (χ1v) is 4.80. The molecule has 0 fully saturated rings. The Kier molecular flexibility index (Phi) is 10.5. The molecule has 0 heterocycles. The third kappa shape index (κ3) is 7.58. The normalized spacial score (nSPS) is 8.00. The van der Waals surface area contributed by atoms with Crippen molar-refractivity contribution in [2.75, 3.05) is 0 Å². The summed E-state index contributed by atoms with van der Waals surface area (Å²) in [5.74, 6) is 0. The van der Waals surface area contributed by atoms with Crippen molar-refractivity contribution in [2.24, 2.45) is 0 Å². The van der Waals surface area contributed by atoms with Gasteiger partial charge >= 0.3 is 0 Å². The summed E-state index contributed by atoms with van der Waals surface area (Å²) in [5.41, 5.74) is 2.76. The highest BCUT2D eigenvalue weighted by Crippen LogP contribution is 2.02. The van der Waals surface area contributed by atoms with E-state index in [1.54, 1.807) is 0 Å². The van der Waals surface area contributed by atoms with Crippen LogP contribution in [-0.2, 0) is 6.42 Å². The van der Waals surface area contributed by atoms with E-state index in [0.717, 1.165) is 6.42 Å². The Labute approximate surface area is 84.0 Å². The number of hydrogen-bond donors (Lipinski definition) is 0. The largest absolute Gasteiger partial charge is 0.0776 e. The summed E-state index contributed by atoms with van der Waals surface area (Å²) >= 11 is 0. The summed E-state index contributed by atoms with van der Waals surface area (Å²) in [5, 5.41) is 0. The van der Waals surface area contributed by atoms with Gasteiger partial charge in [-0.05, 0) is 18.9 Å². The first-order chi connectivity index (χ1) is 5.74. The van der Waals surface area contributed by atoms with E-state index in [4.69, 9.17) is 0 Å². The van der Waals surface area contributed by atoms with Crippen LogP contribution in [0.5, 0.6) is 0 Å². The fraction of sp³-hybridized carbons (Fsp3) is 0.538. The van der Waals surface area contributed by atoms with Gasteiger partial charge in [0.1, 0.15) is 0 Å². The van der Waals surface area contributed by atoms with Gasteiger partial charge in [-0.1, -0.05) is 64.4 Å². The van der Waals surface area contributed by atoms with Crippen LogP contribution >= 0.6 is 0 Å². The molecule has 0 unspecified atom stereocenters. The molecule has 0 saturated carbocycles. The van der Waals surface area contributed by atoms with E-state index < -0.39 is 0 Å². The molecule has 0 amide bonds. The third-order valence-electron chi connectivity index (χ3n) is 1.53. The standard InChI is InChI=1S/C9H12.C3H8.CH4/c1-3-9-6-4-8(2)5-7-9;1-3-2;/h4-7H,3H2,1-2H3;3H2,1-2H3;1H4. The zero-order valence-corrected chi connectivity index (χ0v) is 8.72. The Morgan fingerprint density at radius 1 is 0.923 bits per heavy atom. The minimum absolute atomic E-state index is 0. The van der Waals surface area contributed by atoms with Crippen LogP contribution in [0.2, 0.25) is 0 Å². The molecule has 1 aromatic carbocycles. The van der Waals surface area contributed by atoms with Crippen molar-refractivity contribution in [1.82, 2.24) is 0 Å². The SMILES string of the molecule is C.CCC.CCc1ccc(C)cc1. The molecule has 0 aliphatic carbocycles. The van der Waals surface area contributed by atoms with E-state index in [1.165, 1.54) is 17.5 Å². The summed E-state index contributed by atoms with van der Waals surface area (Å²) in [7, 11) is 0. The lowest BCUT2D eigenvalue weighted by Crippen LogP contribution is -1.77. The maximum absolute atomic E-state index is 2.18. The van der Waals surface area contributed by atoms with Crippen LogP contribution in [0.25, 0.3) is 0 Å². The average molecular weight is 180 g/mol. The molecule has 1 aromatic rings.